The molecule has 1 aromatic rings. The maximum absolute atomic E-state index is 12.4. The van der Waals surface area contributed by atoms with Crippen LogP contribution < -0.4 is 4.72 Å². The Balaban J connectivity index is 2.19. The third-order valence-electron chi connectivity index (χ3n) is 4.44. The number of hydrogen-bond acceptors (Lipinski definition) is 3. The fourth-order valence-corrected chi connectivity index (χ4v) is 3.63. The van der Waals surface area contributed by atoms with Crippen molar-refractivity contribution in [1.82, 2.24) is 9.62 Å². The van der Waals surface area contributed by atoms with Crippen LogP contribution in [0.5, 0.6) is 0 Å². The molecule has 1 atom stereocenters. The molecule has 0 aliphatic carbocycles. The molecule has 6 heteroatoms. The van der Waals surface area contributed by atoms with E-state index in [0.717, 1.165) is 24.8 Å². The number of piperidine rings is 1. The Morgan fingerprint density at radius 1 is 1.26 bits per heavy atom. The molecule has 1 N–H and O–H groups in total. The largest absolute Gasteiger partial charge is 0.335 e. The van der Waals surface area contributed by atoms with Crippen LogP contribution in [0, 0.1) is 0 Å². The van der Waals surface area contributed by atoms with Gasteiger partial charge in [-0.2, -0.15) is 0 Å². The van der Waals surface area contributed by atoms with Crippen LogP contribution in [-0.2, 0) is 14.8 Å². The molecule has 1 saturated heterocycles. The highest BCUT2D eigenvalue weighted by molar-refractivity contribution is 7.90. The van der Waals surface area contributed by atoms with Crippen LogP contribution >= 0.6 is 0 Å². The van der Waals surface area contributed by atoms with Crippen molar-refractivity contribution < 1.29 is 13.2 Å². The van der Waals surface area contributed by atoms with Crippen molar-refractivity contribution in [3.05, 3.63) is 35.4 Å². The van der Waals surface area contributed by atoms with Gasteiger partial charge in [0, 0.05) is 6.54 Å². The summed E-state index contributed by atoms with van der Waals surface area (Å²) >= 11 is 0. The predicted molar refractivity (Wildman–Crippen MR) is 91.7 cm³/mol. The fourth-order valence-electron chi connectivity index (χ4n) is 3.00. The molecule has 0 radical (unpaired) electrons. The number of amides is 1. The minimum absolute atomic E-state index is 0.0236. The fraction of sp³-hybridized carbons (Fsp3) is 0.588. The predicted octanol–water partition coefficient (Wildman–Crippen LogP) is 2.41. The van der Waals surface area contributed by atoms with Crippen LogP contribution in [0.1, 0.15) is 56.2 Å². The van der Waals surface area contributed by atoms with Crippen LogP contribution in [-0.4, -0.2) is 38.6 Å². The third-order valence-corrected chi connectivity index (χ3v) is 5.68. The number of hydrogen-bond donors (Lipinski definition) is 1. The molecule has 1 amide bonds. The first kappa shape index (κ1) is 17.9. The second-order valence-corrected chi connectivity index (χ2v) is 8.31. The molecule has 1 unspecified atom stereocenters. The lowest BCUT2D eigenvalue weighted by Crippen LogP contribution is -2.43. The number of nitrogens with zero attached hydrogens (tertiary/aromatic N) is 1. The van der Waals surface area contributed by atoms with Crippen molar-refractivity contribution in [1.29, 1.82) is 0 Å². The minimum Gasteiger partial charge on any atom is -0.335 e. The Morgan fingerprint density at radius 3 is 2.48 bits per heavy atom. The molecular weight excluding hydrogens is 312 g/mol. The standard InChI is InChI=1S/C17H26N2O3S/c1-13(2)14-7-9-15(10-8-14)16-6-4-5-11-19(16)17(20)12-23(21,22)18-3/h7-10,13,16,18H,4-6,11-12H2,1-3H3. The molecule has 2 rings (SSSR count). The molecule has 1 aliphatic heterocycles. The van der Waals surface area contributed by atoms with Crippen molar-refractivity contribution in [3.63, 3.8) is 0 Å². The van der Waals surface area contributed by atoms with E-state index in [1.54, 1.807) is 4.90 Å². The summed E-state index contributed by atoms with van der Waals surface area (Å²) in [7, 11) is -2.20. The van der Waals surface area contributed by atoms with E-state index in [-0.39, 0.29) is 11.9 Å². The van der Waals surface area contributed by atoms with Gasteiger partial charge in [-0.25, -0.2) is 13.1 Å². The van der Waals surface area contributed by atoms with Gasteiger partial charge in [0.2, 0.25) is 15.9 Å². The van der Waals surface area contributed by atoms with Crippen molar-refractivity contribution >= 4 is 15.9 Å². The van der Waals surface area contributed by atoms with Crippen LogP contribution in [0.2, 0.25) is 0 Å². The van der Waals surface area contributed by atoms with E-state index in [4.69, 9.17) is 0 Å². The molecule has 0 saturated carbocycles. The van der Waals surface area contributed by atoms with Gasteiger partial charge in [0.05, 0.1) is 6.04 Å². The molecule has 1 heterocycles. The lowest BCUT2D eigenvalue weighted by molar-refractivity contribution is -0.132. The zero-order chi connectivity index (χ0) is 17.0. The summed E-state index contributed by atoms with van der Waals surface area (Å²) in [5, 5.41) is 0. The Bertz CT molecular complexity index is 638. The van der Waals surface area contributed by atoms with E-state index < -0.39 is 15.8 Å². The first-order valence-corrected chi connectivity index (χ1v) is 9.80. The smallest absolute Gasteiger partial charge is 0.239 e. The average molecular weight is 338 g/mol. The van der Waals surface area contributed by atoms with E-state index in [0.29, 0.717) is 12.5 Å². The summed E-state index contributed by atoms with van der Waals surface area (Å²) in [6.45, 7) is 4.91. The molecule has 1 aliphatic rings. The average Bonchev–Trinajstić information content (AvgIpc) is 2.54. The van der Waals surface area contributed by atoms with Gasteiger partial charge in [0.1, 0.15) is 5.75 Å². The Kier molecular flexibility index (Phi) is 5.81. The van der Waals surface area contributed by atoms with Gasteiger partial charge >= 0.3 is 0 Å². The summed E-state index contributed by atoms with van der Waals surface area (Å²) in [6.07, 6.45) is 2.86. The molecule has 0 spiro atoms. The van der Waals surface area contributed by atoms with Crippen LogP contribution in [0.25, 0.3) is 0 Å². The second kappa shape index (κ2) is 7.45. The SMILES string of the molecule is CNS(=O)(=O)CC(=O)N1CCCCC1c1ccc(C(C)C)cc1. The first-order valence-electron chi connectivity index (χ1n) is 8.14. The van der Waals surface area contributed by atoms with E-state index >= 15 is 0 Å². The molecule has 128 valence electrons. The van der Waals surface area contributed by atoms with Crippen molar-refractivity contribution in [2.75, 3.05) is 19.3 Å². The van der Waals surface area contributed by atoms with E-state index in [1.165, 1.54) is 12.6 Å². The van der Waals surface area contributed by atoms with E-state index in [9.17, 15) is 13.2 Å². The van der Waals surface area contributed by atoms with Gasteiger partial charge < -0.3 is 4.90 Å². The maximum Gasteiger partial charge on any atom is 0.239 e. The Hall–Kier alpha value is -1.40. The van der Waals surface area contributed by atoms with Gasteiger partial charge in [-0.05, 0) is 43.4 Å². The first-order chi connectivity index (χ1) is 10.8. The molecule has 23 heavy (non-hydrogen) atoms. The molecular formula is C17H26N2O3S. The quantitative estimate of drug-likeness (QED) is 0.896. The van der Waals surface area contributed by atoms with Gasteiger partial charge in [-0.3, -0.25) is 4.79 Å². The number of carbonyl (C=O) groups excluding carboxylic acids is 1. The summed E-state index contributed by atoms with van der Waals surface area (Å²) < 4.78 is 25.5. The number of likely N-dealkylation sites (tertiary alicyclic amines) is 1. The highest BCUT2D eigenvalue weighted by Gasteiger charge is 2.30. The molecule has 1 fully saturated rings. The monoisotopic (exact) mass is 338 g/mol. The number of nitrogens with one attached hydrogen (secondary N) is 1. The number of rotatable bonds is 5. The van der Waals surface area contributed by atoms with Crippen LogP contribution in [0.3, 0.4) is 0 Å². The maximum atomic E-state index is 12.4. The summed E-state index contributed by atoms with van der Waals surface area (Å²) in [5.41, 5.74) is 2.35. The molecule has 0 aromatic heterocycles. The number of sulfonamides is 1. The second-order valence-electron chi connectivity index (χ2n) is 6.38. The Labute approximate surface area is 139 Å². The van der Waals surface area contributed by atoms with E-state index in [1.807, 2.05) is 0 Å². The zero-order valence-corrected chi connectivity index (χ0v) is 14.9. The topological polar surface area (TPSA) is 66.5 Å². The van der Waals surface area contributed by atoms with Crippen molar-refractivity contribution in [2.45, 2.75) is 45.1 Å². The Morgan fingerprint density at radius 2 is 1.91 bits per heavy atom. The highest BCUT2D eigenvalue weighted by atomic mass is 32.2. The molecule has 0 bridgehead atoms. The lowest BCUT2D eigenvalue weighted by atomic mass is 9.93. The van der Waals surface area contributed by atoms with Crippen LogP contribution in [0.4, 0.5) is 0 Å². The van der Waals surface area contributed by atoms with Gasteiger partial charge in [0.25, 0.3) is 0 Å². The van der Waals surface area contributed by atoms with E-state index in [2.05, 4.69) is 42.8 Å². The zero-order valence-electron chi connectivity index (χ0n) is 14.1. The lowest BCUT2D eigenvalue weighted by Gasteiger charge is -2.36. The number of carbonyl (C=O) groups is 1. The van der Waals surface area contributed by atoms with Crippen molar-refractivity contribution in [3.8, 4) is 0 Å². The summed E-state index contributed by atoms with van der Waals surface area (Å²) in [6, 6.07) is 8.31. The summed E-state index contributed by atoms with van der Waals surface area (Å²) in [4.78, 5) is 14.2. The molecule has 5 nitrogen and oxygen atoms in total. The highest BCUT2D eigenvalue weighted by Crippen LogP contribution is 2.31. The van der Waals surface area contributed by atoms with Gasteiger partial charge in [-0.1, -0.05) is 38.1 Å². The van der Waals surface area contributed by atoms with Gasteiger partial charge in [0.15, 0.2) is 0 Å². The normalized spacial score (nSPS) is 19.1. The molecule has 1 aromatic carbocycles. The minimum atomic E-state index is -3.53. The van der Waals surface area contributed by atoms with Gasteiger partial charge in [-0.15, -0.1) is 0 Å². The summed E-state index contributed by atoms with van der Waals surface area (Å²) in [5.74, 6) is -0.338. The van der Waals surface area contributed by atoms with Crippen LogP contribution in [0.15, 0.2) is 24.3 Å². The third kappa shape index (κ3) is 4.54. The van der Waals surface area contributed by atoms with Crippen molar-refractivity contribution in [2.24, 2.45) is 0 Å². The number of benzene rings is 1.